The van der Waals surface area contributed by atoms with Gasteiger partial charge < -0.3 is 15.8 Å². The number of nitrogens with two attached hydrogens (primary N) is 1. The number of hydrogen-bond donors (Lipinski definition) is 4. The molecule has 0 spiro atoms. The molecule has 25 heavy (non-hydrogen) atoms. The molecular weight excluding hydrogens is 318 g/mol. The number of piperidine rings is 1. The molecule has 3 rings (SSSR count). The van der Waals surface area contributed by atoms with Crippen LogP contribution in [-0.2, 0) is 4.74 Å². The van der Waals surface area contributed by atoms with Crippen molar-refractivity contribution in [3.63, 3.8) is 0 Å². The van der Waals surface area contributed by atoms with Gasteiger partial charge in [0.15, 0.2) is 0 Å². The Balaban J connectivity index is 1.65. The molecule has 1 saturated heterocycles. The van der Waals surface area contributed by atoms with Gasteiger partial charge in [0.1, 0.15) is 6.10 Å². The Labute approximate surface area is 146 Å². The molecule has 0 aliphatic carbocycles. The third-order valence-corrected chi connectivity index (χ3v) is 4.34. The average molecular weight is 341 g/mol. The van der Waals surface area contributed by atoms with E-state index in [0.29, 0.717) is 11.4 Å². The highest BCUT2D eigenvalue weighted by atomic mass is 16.6. The fourth-order valence-electron chi connectivity index (χ4n) is 3.01. The van der Waals surface area contributed by atoms with Gasteiger partial charge in [-0.05, 0) is 55.8 Å². The van der Waals surface area contributed by atoms with Gasteiger partial charge in [-0.2, -0.15) is 0 Å². The van der Waals surface area contributed by atoms with Crippen LogP contribution in [0.4, 0.5) is 16.2 Å². The standard InChI is InChI=1S/C18H23N5O2/c19-15-3-1-2-4-16(15)22-23-18(24)25-17(13-5-9-20-10-6-13)14-7-11-21-12-8-14/h1-6,9-10,14,17,21-22H,7-8,11-12,19H2,(H,23,24). The Bertz CT molecular complexity index is 689. The normalized spacial score (nSPS) is 16.0. The van der Waals surface area contributed by atoms with E-state index in [9.17, 15) is 4.79 Å². The van der Waals surface area contributed by atoms with E-state index in [1.54, 1.807) is 24.5 Å². The van der Waals surface area contributed by atoms with Gasteiger partial charge in [0.2, 0.25) is 0 Å². The summed E-state index contributed by atoms with van der Waals surface area (Å²) in [5, 5.41) is 3.33. The second kappa shape index (κ2) is 8.34. The summed E-state index contributed by atoms with van der Waals surface area (Å²) in [6.07, 6.45) is 4.50. The Hall–Kier alpha value is -2.80. The molecule has 0 radical (unpaired) electrons. The zero-order valence-electron chi connectivity index (χ0n) is 13.9. The Morgan fingerprint density at radius 1 is 1.20 bits per heavy atom. The maximum absolute atomic E-state index is 12.3. The number of benzene rings is 1. The van der Waals surface area contributed by atoms with E-state index in [2.05, 4.69) is 21.2 Å². The van der Waals surface area contributed by atoms with Crippen LogP contribution in [0.3, 0.4) is 0 Å². The van der Waals surface area contributed by atoms with Crippen molar-refractivity contribution in [3.8, 4) is 0 Å². The summed E-state index contributed by atoms with van der Waals surface area (Å²) in [7, 11) is 0. The first-order chi connectivity index (χ1) is 12.2. The van der Waals surface area contributed by atoms with Gasteiger partial charge in [-0.1, -0.05) is 12.1 Å². The number of nitrogens with zero attached hydrogens (tertiary/aromatic N) is 1. The summed E-state index contributed by atoms with van der Waals surface area (Å²) in [6.45, 7) is 1.85. The minimum Gasteiger partial charge on any atom is -0.440 e. The molecular formula is C18H23N5O2. The molecule has 7 heteroatoms. The molecule has 1 aromatic heterocycles. The lowest BCUT2D eigenvalue weighted by Gasteiger charge is -2.30. The highest BCUT2D eigenvalue weighted by molar-refractivity contribution is 5.73. The van der Waals surface area contributed by atoms with Crippen molar-refractivity contribution in [2.45, 2.75) is 18.9 Å². The summed E-state index contributed by atoms with van der Waals surface area (Å²) in [5.74, 6) is 0.274. The largest absolute Gasteiger partial charge is 0.440 e. The van der Waals surface area contributed by atoms with Gasteiger partial charge in [0, 0.05) is 18.3 Å². The number of para-hydroxylation sites is 2. The molecule has 2 aromatic rings. The molecule has 1 aliphatic rings. The van der Waals surface area contributed by atoms with Gasteiger partial charge in [0.05, 0.1) is 11.4 Å². The van der Waals surface area contributed by atoms with Gasteiger partial charge >= 0.3 is 6.09 Å². The number of ether oxygens (including phenoxy) is 1. The monoisotopic (exact) mass is 341 g/mol. The molecule has 0 saturated carbocycles. The Kier molecular flexibility index (Phi) is 5.69. The van der Waals surface area contributed by atoms with Crippen LogP contribution in [0, 0.1) is 5.92 Å². The third-order valence-electron chi connectivity index (χ3n) is 4.34. The lowest BCUT2D eigenvalue weighted by atomic mass is 9.88. The van der Waals surface area contributed by atoms with Crippen LogP contribution in [0.5, 0.6) is 0 Å². The molecule has 0 bridgehead atoms. The number of anilines is 2. The predicted molar refractivity (Wildman–Crippen MR) is 96.7 cm³/mol. The smallest absolute Gasteiger partial charge is 0.426 e. The van der Waals surface area contributed by atoms with Crippen molar-refractivity contribution >= 4 is 17.5 Å². The zero-order chi connectivity index (χ0) is 17.5. The average Bonchev–Trinajstić information content (AvgIpc) is 2.67. The van der Waals surface area contributed by atoms with Crippen LogP contribution in [0.2, 0.25) is 0 Å². The number of hydrogen-bond acceptors (Lipinski definition) is 6. The van der Waals surface area contributed by atoms with Crippen molar-refractivity contribution < 1.29 is 9.53 Å². The number of hydrazine groups is 1. The third kappa shape index (κ3) is 4.60. The number of rotatable bonds is 5. The molecule has 1 unspecified atom stereocenters. The second-order valence-electron chi connectivity index (χ2n) is 6.03. The number of pyridine rings is 1. The number of aromatic nitrogens is 1. The minimum atomic E-state index is -0.538. The van der Waals surface area contributed by atoms with Crippen molar-refractivity contribution in [1.29, 1.82) is 0 Å². The van der Waals surface area contributed by atoms with E-state index in [1.165, 1.54) is 0 Å². The summed E-state index contributed by atoms with van der Waals surface area (Å²) in [4.78, 5) is 16.3. The van der Waals surface area contributed by atoms with Crippen LogP contribution >= 0.6 is 0 Å². The van der Waals surface area contributed by atoms with E-state index in [-0.39, 0.29) is 12.0 Å². The molecule has 7 nitrogen and oxygen atoms in total. The molecule has 132 valence electrons. The van der Waals surface area contributed by atoms with Crippen LogP contribution in [0.25, 0.3) is 0 Å². The van der Waals surface area contributed by atoms with E-state index in [1.807, 2.05) is 24.3 Å². The molecule has 5 N–H and O–H groups in total. The second-order valence-corrected chi connectivity index (χ2v) is 6.03. The molecule has 1 aromatic carbocycles. The maximum Gasteiger partial charge on any atom is 0.426 e. The Morgan fingerprint density at radius 2 is 1.92 bits per heavy atom. The number of amides is 1. The fourth-order valence-corrected chi connectivity index (χ4v) is 3.01. The minimum absolute atomic E-state index is 0.274. The first-order valence-corrected chi connectivity index (χ1v) is 8.42. The number of carbonyl (C=O) groups is 1. The molecule has 1 atom stereocenters. The Morgan fingerprint density at radius 3 is 2.64 bits per heavy atom. The zero-order valence-corrected chi connectivity index (χ0v) is 13.9. The topological polar surface area (TPSA) is 101 Å². The van der Waals surface area contributed by atoms with Gasteiger partial charge in [-0.25, -0.2) is 10.2 Å². The summed E-state index contributed by atoms with van der Waals surface area (Å²) in [5.41, 5.74) is 13.3. The molecule has 1 aliphatic heterocycles. The number of nitrogen functional groups attached to an aromatic ring is 1. The first kappa shape index (κ1) is 17.0. The number of nitrogens with one attached hydrogen (secondary N) is 3. The fraction of sp³-hybridized carbons (Fsp3) is 0.333. The van der Waals surface area contributed by atoms with E-state index < -0.39 is 6.09 Å². The van der Waals surface area contributed by atoms with Crippen molar-refractivity contribution in [1.82, 2.24) is 15.7 Å². The van der Waals surface area contributed by atoms with E-state index in [4.69, 9.17) is 10.5 Å². The first-order valence-electron chi connectivity index (χ1n) is 8.42. The van der Waals surface area contributed by atoms with Gasteiger partial charge in [-0.15, -0.1) is 0 Å². The van der Waals surface area contributed by atoms with Gasteiger partial charge in [0.25, 0.3) is 0 Å². The van der Waals surface area contributed by atoms with Crippen molar-refractivity contribution in [2.24, 2.45) is 5.92 Å². The lowest BCUT2D eigenvalue weighted by molar-refractivity contribution is 0.0509. The maximum atomic E-state index is 12.3. The van der Waals surface area contributed by atoms with E-state index in [0.717, 1.165) is 31.5 Å². The lowest BCUT2D eigenvalue weighted by Crippen LogP contribution is -2.36. The highest BCUT2D eigenvalue weighted by Crippen LogP contribution is 2.32. The number of carbonyl (C=O) groups excluding carboxylic acids is 1. The van der Waals surface area contributed by atoms with Gasteiger partial charge in [-0.3, -0.25) is 10.4 Å². The summed E-state index contributed by atoms with van der Waals surface area (Å²) < 4.78 is 5.73. The molecule has 1 fully saturated rings. The SMILES string of the molecule is Nc1ccccc1NNC(=O)OC(c1ccncc1)C1CCNCC1. The predicted octanol–water partition coefficient (Wildman–Crippen LogP) is 2.46. The summed E-state index contributed by atoms with van der Waals surface area (Å²) >= 11 is 0. The quantitative estimate of drug-likeness (QED) is 0.492. The van der Waals surface area contributed by atoms with Crippen LogP contribution < -0.4 is 21.9 Å². The molecule has 1 amide bonds. The highest BCUT2D eigenvalue weighted by Gasteiger charge is 2.28. The van der Waals surface area contributed by atoms with Crippen LogP contribution in [-0.4, -0.2) is 24.2 Å². The van der Waals surface area contributed by atoms with Crippen LogP contribution in [0.15, 0.2) is 48.8 Å². The van der Waals surface area contributed by atoms with Crippen molar-refractivity contribution in [2.75, 3.05) is 24.2 Å². The molecule has 2 heterocycles. The summed E-state index contributed by atoms with van der Waals surface area (Å²) in [6, 6.07) is 11.0. The van der Waals surface area contributed by atoms with Crippen LogP contribution in [0.1, 0.15) is 24.5 Å². The van der Waals surface area contributed by atoms with Crippen molar-refractivity contribution in [3.05, 3.63) is 54.4 Å². The van der Waals surface area contributed by atoms with E-state index >= 15 is 0 Å².